The van der Waals surface area contributed by atoms with Crippen LogP contribution in [0.25, 0.3) is 0 Å². The van der Waals surface area contributed by atoms with Crippen LogP contribution in [0.3, 0.4) is 0 Å². The van der Waals surface area contributed by atoms with Crippen molar-refractivity contribution in [3.63, 3.8) is 0 Å². The highest BCUT2D eigenvalue weighted by atomic mass is 16.5. The number of amides is 1. The lowest BCUT2D eigenvalue weighted by Crippen LogP contribution is -2.56. The van der Waals surface area contributed by atoms with Crippen LogP contribution in [-0.2, 0) is 4.79 Å². The molecular weight excluding hydrogens is 454 g/mol. The van der Waals surface area contributed by atoms with Crippen LogP contribution in [-0.4, -0.2) is 61.6 Å². The van der Waals surface area contributed by atoms with Crippen LogP contribution in [0.15, 0.2) is 42.5 Å². The van der Waals surface area contributed by atoms with E-state index in [-0.39, 0.29) is 17.9 Å². The molecule has 2 saturated heterocycles. The highest BCUT2D eigenvalue weighted by molar-refractivity contribution is 5.78. The van der Waals surface area contributed by atoms with E-state index in [0.717, 1.165) is 50.9 Å². The number of ether oxygens (including phenoxy) is 3. The second-order valence-electron chi connectivity index (χ2n) is 10.0. The minimum atomic E-state index is -0.155. The second kappa shape index (κ2) is 11.7. The van der Waals surface area contributed by atoms with Gasteiger partial charge in [0.15, 0.2) is 11.5 Å². The molecule has 0 radical (unpaired) electrons. The first-order valence-electron chi connectivity index (χ1n) is 12.9. The van der Waals surface area contributed by atoms with Crippen molar-refractivity contribution in [2.24, 2.45) is 5.92 Å². The number of rotatable bonds is 10. The van der Waals surface area contributed by atoms with E-state index in [9.17, 15) is 10.1 Å². The second-order valence-corrected chi connectivity index (χ2v) is 10.0. The van der Waals surface area contributed by atoms with Crippen LogP contribution in [0.5, 0.6) is 17.2 Å². The SMILES string of the molecule is COc1ccc(OC(CCCN2C3CCC2CN(C(=O)C(C)C)C3)c2ccc(C#N)cc2)cc1OC. The molecule has 0 saturated carbocycles. The summed E-state index contributed by atoms with van der Waals surface area (Å²) in [6.07, 6.45) is 3.98. The molecule has 0 aliphatic carbocycles. The molecule has 0 aromatic heterocycles. The van der Waals surface area contributed by atoms with Gasteiger partial charge in [0.2, 0.25) is 5.91 Å². The molecule has 2 aromatic rings. The minimum absolute atomic E-state index is 0.0536. The molecule has 2 aromatic carbocycles. The minimum Gasteiger partial charge on any atom is -0.493 e. The number of likely N-dealkylation sites (tertiary alicyclic amines) is 1. The molecule has 36 heavy (non-hydrogen) atoms. The molecule has 2 aliphatic heterocycles. The molecule has 2 heterocycles. The third kappa shape index (κ3) is 5.76. The van der Waals surface area contributed by atoms with E-state index in [1.54, 1.807) is 14.2 Å². The lowest BCUT2D eigenvalue weighted by molar-refractivity contribution is -0.137. The van der Waals surface area contributed by atoms with Gasteiger partial charge >= 0.3 is 0 Å². The maximum atomic E-state index is 12.5. The maximum absolute atomic E-state index is 12.5. The van der Waals surface area contributed by atoms with Gasteiger partial charge < -0.3 is 19.1 Å². The molecule has 3 atom stereocenters. The monoisotopic (exact) mass is 491 g/mol. The lowest BCUT2D eigenvalue weighted by atomic mass is 10.0. The van der Waals surface area contributed by atoms with Gasteiger partial charge in [-0.3, -0.25) is 9.69 Å². The number of fused-ring (bicyclic) bond motifs is 2. The first-order chi connectivity index (χ1) is 17.4. The van der Waals surface area contributed by atoms with Crippen molar-refractivity contribution in [1.29, 1.82) is 5.26 Å². The molecule has 7 nitrogen and oxygen atoms in total. The molecule has 0 N–H and O–H groups in total. The van der Waals surface area contributed by atoms with Gasteiger partial charge in [-0.25, -0.2) is 0 Å². The van der Waals surface area contributed by atoms with Crippen molar-refractivity contribution in [3.05, 3.63) is 53.6 Å². The van der Waals surface area contributed by atoms with Crippen molar-refractivity contribution in [2.75, 3.05) is 33.9 Å². The van der Waals surface area contributed by atoms with Gasteiger partial charge in [-0.1, -0.05) is 26.0 Å². The van der Waals surface area contributed by atoms with Gasteiger partial charge in [0.25, 0.3) is 0 Å². The van der Waals surface area contributed by atoms with E-state index in [0.29, 0.717) is 34.9 Å². The smallest absolute Gasteiger partial charge is 0.225 e. The molecular formula is C29H37N3O4. The number of hydrogen-bond acceptors (Lipinski definition) is 6. The zero-order chi connectivity index (χ0) is 25.7. The Morgan fingerprint density at radius 1 is 1.03 bits per heavy atom. The van der Waals surface area contributed by atoms with Crippen molar-refractivity contribution in [3.8, 4) is 23.3 Å². The van der Waals surface area contributed by atoms with Crippen molar-refractivity contribution < 1.29 is 19.0 Å². The molecule has 1 amide bonds. The van der Waals surface area contributed by atoms with Gasteiger partial charge in [0.1, 0.15) is 11.9 Å². The average Bonchev–Trinajstić information content (AvgIpc) is 3.13. The molecule has 3 unspecified atom stereocenters. The Balaban J connectivity index is 1.43. The first-order valence-corrected chi connectivity index (χ1v) is 12.9. The number of piperazine rings is 1. The average molecular weight is 492 g/mol. The fourth-order valence-corrected chi connectivity index (χ4v) is 5.48. The Kier molecular flexibility index (Phi) is 8.37. The molecule has 0 spiro atoms. The predicted molar refractivity (Wildman–Crippen MR) is 138 cm³/mol. The lowest BCUT2D eigenvalue weighted by Gasteiger charge is -2.41. The number of methoxy groups -OCH3 is 2. The van der Waals surface area contributed by atoms with Crippen LogP contribution in [0, 0.1) is 17.2 Å². The van der Waals surface area contributed by atoms with E-state index in [4.69, 9.17) is 14.2 Å². The summed E-state index contributed by atoms with van der Waals surface area (Å²) >= 11 is 0. The summed E-state index contributed by atoms with van der Waals surface area (Å²) in [4.78, 5) is 17.2. The van der Waals surface area contributed by atoms with E-state index >= 15 is 0 Å². The zero-order valence-electron chi connectivity index (χ0n) is 21.8. The summed E-state index contributed by atoms with van der Waals surface area (Å²) in [5, 5.41) is 9.20. The Hall–Kier alpha value is -3.24. The number of carbonyl (C=O) groups is 1. The Morgan fingerprint density at radius 3 is 2.28 bits per heavy atom. The predicted octanol–water partition coefficient (Wildman–Crippen LogP) is 4.81. The van der Waals surface area contributed by atoms with Crippen LogP contribution >= 0.6 is 0 Å². The highest BCUT2D eigenvalue weighted by Gasteiger charge is 2.41. The van der Waals surface area contributed by atoms with Crippen molar-refractivity contribution >= 4 is 5.91 Å². The summed E-state index contributed by atoms with van der Waals surface area (Å²) in [7, 11) is 3.23. The van der Waals surface area contributed by atoms with Gasteiger partial charge in [0.05, 0.1) is 25.9 Å². The number of nitrogens with zero attached hydrogens (tertiary/aromatic N) is 3. The third-order valence-electron chi connectivity index (χ3n) is 7.37. The van der Waals surface area contributed by atoms with Crippen molar-refractivity contribution in [1.82, 2.24) is 9.80 Å². The van der Waals surface area contributed by atoms with E-state index in [1.807, 2.05) is 56.3 Å². The quantitative estimate of drug-likeness (QED) is 0.475. The van der Waals surface area contributed by atoms with Gasteiger partial charge in [-0.05, 0) is 62.1 Å². The Bertz CT molecular complexity index is 1060. The normalized spacial score (nSPS) is 20.2. The van der Waals surface area contributed by atoms with E-state index in [2.05, 4.69) is 15.9 Å². The Morgan fingerprint density at radius 2 is 1.69 bits per heavy atom. The Labute approximate surface area is 214 Å². The molecule has 4 rings (SSSR count). The van der Waals surface area contributed by atoms with Gasteiger partial charge in [-0.2, -0.15) is 5.26 Å². The maximum Gasteiger partial charge on any atom is 0.225 e. The zero-order valence-corrected chi connectivity index (χ0v) is 21.8. The molecule has 7 heteroatoms. The summed E-state index contributed by atoms with van der Waals surface area (Å²) < 4.78 is 17.3. The van der Waals surface area contributed by atoms with Crippen LogP contribution in [0.4, 0.5) is 0 Å². The number of carbonyl (C=O) groups excluding carboxylic acids is 1. The number of benzene rings is 2. The van der Waals surface area contributed by atoms with Crippen LogP contribution < -0.4 is 14.2 Å². The summed E-state index contributed by atoms with van der Waals surface area (Å²) in [5.41, 5.74) is 1.67. The molecule has 2 fully saturated rings. The number of nitriles is 1. The summed E-state index contributed by atoms with van der Waals surface area (Å²) in [6, 6.07) is 16.3. The van der Waals surface area contributed by atoms with Crippen LogP contribution in [0.2, 0.25) is 0 Å². The van der Waals surface area contributed by atoms with Gasteiger partial charge in [-0.15, -0.1) is 0 Å². The molecule has 2 aliphatic rings. The van der Waals surface area contributed by atoms with E-state index in [1.165, 1.54) is 0 Å². The molecule has 2 bridgehead atoms. The fourth-order valence-electron chi connectivity index (χ4n) is 5.48. The summed E-state index contributed by atoms with van der Waals surface area (Å²) in [6.45, 7) is 6.64. The highest BCUT2D eigenvalue weighted by Crippen LogP contribution is 2.35. The van der Waals surface area contributed by atoms with Crippen LogP contribution in [0.1, 0.15) is 56.8 Å². The topological polar surface area (TPSA) is 75.0 Å². The van der Waals surface area contributed by atoms with E-state index < -0.39 is 0 Å². The summed E-state index contributed by atoms with van der Waals surface area (Å²) in [5.74, 6) is 2.32. The fraction of sp³-hybridized carbons (Fsp3) is 0.517. The third-order valence-corrected chi connectivity index (χ3v) is 7.37. The first kappa shape index (κ1) is 25.8. The van der Waals surface area contributed by atoms with Crippen molar-refractivity contribution in [2.45, 2.75) is 57.7 Å². The number of hydrogen-bond donors (Lipinski definition) is 0. The largest absolute Gasteiger partial charge is 0.493 e. The standard InChI is InChI=1S/C29H37N3O4/c1-20(2)29(33)31-18-23-11-12-24(19-31)32(23)15-5-6-26(22-9-7-21(17-30)8-10-22)36-25-13-14-27(34-3)28(16-25)35-4/h7-10,13-14,16,20,23-24,26H,5-6,11-12,15,18-19H2,1-4H3. The molecule has 192 valence electrons. The van der Waals surface area contributed by atoms with Gasteiger partial charge in [0, 0.05) is 37.2 Å².